The average molecular weight is 400 g/mol. The molecule has 2 N–H and O–H groups in total. The molecule has 0 unspecified atom stereocenters. The molecule has 158 valence electrons. The van der Waals surface area contributed by atoms with Crippen LogP contribution in [0.2, 0.25) is 0 Å². The Morgan fingerprint density at radius 1 is 1.07 bits per heavy atom. The van der Waals surface area contributed by atoms with Crippen molar-refractivity contribution in [3.63, 3.8) is 0 Å². The van der Waals surface area contributed by atoms with E-state index in [1.165, 1.54) is 0 Å². The Labute approximate surface area is 173 Å². The van der Waals surface area contributed by atoms with Crippen LogP contribution in [0.3, 0.4) is 0 Å². The van der Waals surface area contributed by atoms with Crippen LogP contribution in [0, 0.1) is 13.8 Å². The van der Waals surface area contributed by atoms with E-state index in [2.05, 4.69) is 40.5 Å². The molecule has 0 amide bonds. The van der Waals surface area contributed by atoms with E-state index in [4.69, 9.17) is 19.7 Å². The van der Waals surface area contributed by atoms with Crippen molar-refractivity contribution < 1.29 is 4.74 Å². The lowest BCUT2D eigenvalue weighted by Gasteiger charge is -2.29. The highest BCUT2D eigenvalue weighted by Gasteiger charge is 2.19. The van der Waals surface area contributed by atoms with Crippen molar-refractivity contribution in [3.05, 3.63) is 17.3 Å². The van der Waals surface area contributed by atoms with Crippen molar-refractivity contribution >= 4 is 22.8 Å². The molecular formula is C21H33N7O. The maximum Gasteiger partial charge on any atom is 0.226 e. The monoisotopic (exact) mass is 399 g/mol. The second kappa shape index (κ2) is 9.19. The topological polar surface area (TPSA) is 78.4 Å². The molecule has 29 heavy (non-hydrogen) atoms. The van der Waals surface area contributed by atoms with Crippen molar-refractivity contribution in [2.24, 2.45) is 0 Å². The first-order valence-electron chi connectivity index (χ1n) is 10.7. The molecule has 0 radical (unpaired) electrons. The molecule has 8 heteroatoms. The molecule has 0 atom stereocenters. The fourth-order valence-electron chi connectivity index (χ4n) is 4.16. The van der Waals surface area contributed by atoms with Crippen molar-refractivity contribution in [3.8, 4) is 0 Å². The summed E-state index contributed by atoms with van der Waals surface area (Å²) in [5.41, 5.74) is 2.91. The molecule has 4 rings (SSSR count). The van der Waals surface area contributed by atoms with E-state index in [1.54, 1.807) is 0 Å². The Bertz CT molecular complexity index is 829. The van der Waals surface area contributed by atoms with Gasteiger partial charge < -0.3 is 20.3 Å². The first-order chi connectivity index (χ1) is 14.1. The Balaban J connectivity index is 1.53. The minimum absolute atomic E-state index is 0.413. The van der Waals surface area contributed by atoms with Crippen LogP contribution < -0.4 is 10.6 Å². The molecule has 0 aliphatic carbocycles. The summed E-state index contributed by atoms with van der Waals surface area (Å²) in [5.74, 6) is 1.56. The van der Waals surface area contributed by atoms with E-state index in [0.717, 1.165) is 93.4 Å². The van der Waals surface area contributed by atoms with Crippen molar-refractivity contribution in [1.82, 2.24) is 24.8 Å². The number of pyridine rings is 1. The zero-order valence-corrected chi connectivity index (χ0v) is 17.9. The van der Waals surface area contributed by atoms with Crippen LogP contribution >= 0.6 is 0 Å². The molecule has 2 saturated heterocycles. The molecule has 0 aromatic carbocycles. The van der Waals surface area contributed by atoms with E-state index >= 15 is 0 Å². The van der Waals surface area contributed by atoms with Gasteiger partial charge in [0.15, 0.2) is 5.65 Å². The number of rotatable bonds is 6. The number of ether oxygens (including phenoxy) is 1. The molecule has 2 aliphatic rings. The quantitative estimate of drug-likeness (QED) is 0.763. The lowest BCUT2D eigenvalue weighted by atomic mass is 10.1. The highest BCUT2D eigenvalue weighted by atomic mass is 16.5. The van der Waals surface area contributed by atoms with E-state index in [0.29, 0.717) is 12.0 Å². The third-order valence-corrected chi connectivity index (χ3v) is 5.87. The summed E-state index contributed by atoms with van der Waals surface area (Å²) in [5, 5.41) is 8.13. The molecule has 2 fully saturated rings. The molecule has 2 aliphatic heterocycles. The number of morpholine rings is 1. The molecule has 0 bridgehead atoms. The summed E-state index contributed by atoms with van der Waals surface area (Å²) in [6.45, 7) is 11.8. The number of aromatic nitrogens is 3. The first kappa shape index (κ1) is 20.3. The fourth-order valence-corrected chi connectivity index (χ4v) is 4.16. The van der Waals surface area contributed by atoms with E-state index in [9.17, 15) is 0 Å². The number of likely N-dealkylation sites (tertiary alicyclic amines) is 1. The SMILES string of the molecule is Cc1cc(C)c2c(NCCN3CCOCC3)nc(NC3CCN(C)CC3)nc2n1. The molecule has 8 nitrogen and oxygen atoms in total. The largest absolute Gasteiger partial charge is 0.379 e. The van der Waals surface area contributed by atoms with Gasteiger partial charge >= 0.3 is 0 Å². The second-order valence-electron chi connectivity index (χ2n) is 8.28. The van der Waals surface area contributed by atoms with Crippen LogP contribution in [0.1, 0.15) is 24.1 Å². The normalized spacial score (nSPS) is 19.6. The summed E-state index contributed by atoms with van der Waals surface area (Å²) in [6.07, 6.45) is 2.22. The van der Waals surface area contributed by atoms with Gasteiger partial charge in [0, 0.05) is 37.9 Å². The minimum atomic E-state index is 0.413. The van der Waals surface area contributed by atoms with Gasteiger partial charge in [0.1, 0.15) is 5.82 Å². The molecule has 2 aromatic heterocycles. The molecule has 0 saturated carbocycles. The Morgan fingerprint density at radius 3 is 2.59 bits per heavy atom. The molecule has 4 heterocycles. The Morgan fingerprint density at radius 2 is 1.83 bits per heavy atom. The third-order valence-electron chi connectivity index (χ3n) is 5.87. The van der Waals surface area contributed by atoms with Crippen LogP contribution in [0.15, 0.2) is 6.07 Å². The predicted molar refractivity (Wildman–Crippen MR) is 117 cm³/mol. The number of anilines is 2. The average Bonchev–Trinajstić information content (AvgIpc) is 2.70. The highest BCUT2D eigenvalue weighted by Crippen LogP contribution is 2.26. The molecular weight excluding hydrogens is 366 g/mol. The number of aryl methyl sites for hydroxylation is 2. The number of nitrogens with zero attached hydrogens (tertiary/aromatic N) is 5. The fraction of sp³-hybridized carbons (Fsp3) is 0.667. The van der Waals surface area contributed by atoms with E-state index in [1.807, 2.05) is 6.92 Å². The number of hydrogen-bond donors (Lipinski definition) is 2. The van der Waals surface area contributed by atoms with E-state index < -0.39 is 0 Å². The van der Waals surface area contributed by atoms with Gasteiger partial charge in [-0.2, -0.15) is 9.97 Å². The van der Waals surface area contributed by atoms with Gasteiger partial charge in [-0.05, 0) is 58.5 Å². The summed E-state index contributed by atoms with van der Waals surface area (Å²) >= 11 is 0. The van der Waals surface area contributed by atoms with Gasteiger partial charge in [-0.25, -0.2) is 4.98 Å². The lowest BCUT2D eigenvalue weighted by molar-refractivity contribution is 0.0398. The van der Waals surface area contributed by atoms with Gasteiger partial charge in [0.25, 0.3) is 0 Å². The van der Waals surface area contributed by atoms with Crippen molar-refractivity contribution in [1.29, 1.82) is 0 Å². The van der Waals surface area contributed by atoms with Crippen molar-refractivity contribution in [2.75, 3.05) is 70.2 Å². The number of piperidine rings is 1. The summed E-state index contributed by atoms with van der Waals surface area (Å²) in [4.78, 5) is 19.1. The van der Waals surface area contributed by atoms with E-state index in [-0.39, 0.29) is 0 Å². The van der Waals surface area contributed by atoms with Gasteiger partial charge in [0.05, 0.1) is 18.6 Å². The summed E-state index contributed by atoms with van der Waals surface area (Å²) < 4.78 is 5.44. The summed E-state index contributed by atoms with van der Waals surface area (Å²) in [6, 6.07) is 2.51. The maximum atomic E-state index is 5.44. The van der Waals surface area contributed by atoms with Crippen LogP contribution in [-0.2, 0) is 4.74 Å². The maximum absolute atomic E-state index is 5.44. The van der Waals surface area contributed by atoms with Crippen molar-refractivity contribution in [2.45, 2.75) is 32.7 Å². The van der Waals surface area contributed by atoms with Crippen LogP contribution in [0.25, 0.3) is 11.0 Å². The lowest BCUT2D eigenvalue weighted by Crippen LogP contribution is -2.39. The summed E-state index contributed by atoms with van der Waals surface area (Å²) in [7, 11) is 2.18. The van der Waals surface area contributed by atoms with Gasteiger partial charge in [-0.3, -0.25) is 4.90 Å². The van der Waals surface area contributed by atoms with Crippen LogP contribution in [0.4, 0.5) is 11.8 Å². The number of nitrogens with one attached hydrogen (secondary N) is 2. The second-order valence-corrected chi connectivity index (χ2v) is 8.28. The van der Waals surface area contributed by atoms with Crippen LogP contribution in [-0.4, -0.2) is 90.3 Å². The predicted octanol–water partition coefficient (Wildman–Crippen LogP) is 1.89. The Kier molecular flexibility index (Phi) is 6.42. The smallest absolute Gasteiger partial charge is 0.226 e. The molecule has 0 spiro atoms. The third kappa shape index (κ3) is 5.12. The molecule has 2 aromatic rings. The van der Waals surface area contributed by atoms with Crippen LogP contribution in [0.5, 0.6) is 0 Å². The first-order valence-corrected chi connectivity index (χ1v) is 10.7. The highest BCUT2D eigenvalue weighted by molar-refractivity contribution is 5.90. The van der Waals surface area contributed by atoms with Gasteiger partial charge in [-0.15, -0.1) is 0 Å². The number of fused-ring (bicyclic) bond motifs is 1. The zero-order valence-electron chi connectivity index (χ0n) is 17.9. The van der Waals surface area contributed by atoms with Gasteiger partial charge in [-0.1, -0.05) is 0 Å². The minimum Gasteiger partial charge on any atom is -0.379 e. The Hall–Kier alpha value is -2.03. The zero-order chi connectivity index (χ0) is 20.2. The standard InChI is InChI=1S/C21H33N7O/c1-15-14-16(2)23-20-18(15)19(22-6-9-28-10-12-29-13-11-28)25-21(26-20)24-17-4-7-27(3)8-5-17/h14,17H,4-13H2,1-3H3,(H2,22,23,24,25,26). The number of hydrogen-bond acceptors (Lipinski definition) is 8. The van der Waals surface area contributed by atoms with Gasteiger partial charge in [0.2, 0.25) is 5.95 Å².